The minimum atomic E-state index is 0.0974. The van der Waals surface area contributed by atoms with Crippen molar-refractivity contribution >= 4 is 5.91 Å². The second kappa shape index (κ2) is 12.9. The Hall–Kier alpha value is -0.570. The minimum absolute atomic E-state index is 0.0974. The summed E-state index contributed by atoms with van der Waals surface area (Å²) in [5.41, 5.74) is 0. The fraction of sp³-hybridized carbons (Fsp3) is 0.947. The van der Waals surface area contributed by atoms with Crippen LogP contribution < -0.4 is 0 Å². The van der Waals surface area contributed by atoms with Crippen molar-refractivity contribution in [2.75, 3.05) is 13.2 Å². The van der Waals surface area contributed by atoms with Gasteiger partial charge in [0.1, 0.15) is 0 Å². The first-order valence-electron chi connectivity index (χ1n) is 9.70. The zero-order chi connectivity index (χ0) is 16.0. The molecule has 0 aromatic rings. The van der Waals surface area contributed by atoms with Crippen LogP contribution in [0.4, 0.5) is 0 Å². The highest BCUT2D eigenvalue weighted by Crippen LogP contribution is 2.19. The summed E-state index contributed by atoms with van der Waals surface area (Å²) in [7, 11) is 0. The van der Waals surface area contributed by atoms with E-state index >= 15 is 0 Å². The molecule has 3 nitrogen and oxygen atoms in total. The van der Waals surface area contributed by atoms with Gasteiger partial charge in [-0.3, -0.25) is 4.79 Å². The first-order chi connectivity index (χ1) is 10.8. The summed E-state index contributed by atoms with van der Waals surface area (Å²) in [5.74, 6) is 0.257. The third kappa shape index (κ3) is 8.17. The number of likely N-dealkylation sites (tertiary alicyclic amines) is 1. The Morgan fingerprint density at radius 1 is 0.955 bits per heavy atom. The van der Waals surface area contributed by atoms with Gasteiger partial charge in [-0.25, -0.2) is 0 Å². The van der Waals surface area contributed by atoms with E-state index in [4.69, 9.17) is 0 Å². The van der Waals surface area contributed by atoms with Gasteiger partial charge < -0.3 is 10.0 Å². The molecular weight excluding hydrogens is 274 g/mol. The van der Waals surface area contributed by atoms with Gasteiger partial charge in [0, 0.05) is 13.0 Å². The van der Waals surface area contributed by atoms with Crippen LogP contribution >= 0.6 is 0 Å². The molecule has 0 saturated carbocycles. The van der Waals surface area contributed by atoms with Crippen LogP contribution in [0.25, 0.3) is 0 Å². The fourth-order valence-corrected chi connectivity index (χ4v) is 3.44. The number of hydrogen-bond acceptors (Lipinski definition) is 2. The maximum atomic E-state index is 12.1. The predicted octanol–water partition coefficient (Wildman–Crippen LogP) is 4.67. The number of carbonyl (C=O) groups excluding carboxylic acids is 1. The average molecular weight is 312 g/mol. The lowest BCUT2D eigenvalue weighted by Gasteiger charge is -2.22. The Bertz CT molecular complexity index is 281. The second-order valence-corrected chi connectivity index (χ2v) is 6.85. The molecular formula is C19H37NO2. The van der Waals surface area contributed by atoms with E-state index in [0.717, 1.165) is 25.8 Å². The summed E-state index contributed by atoms with van der Waals surface area (Å²) in [4.78, 5) is 14.0. The molecule has 0 spiro atoms. The van der Waals surface area contributed by atoms with Crippen molar-refractivity contribution in [1.29, 1.82) is 0 Å². The molecule has 1 rings (SSSR count). The molecule has 3 heteroatoms. The lowest BCUT2D eigenvalue weighted by Crippen LogP contribution is -2.37. The molecule has 1 atom stereocenters. The first-order valence-corrected chi connectivity index (χ1v) is 9.70. The number of carbonyl (C=O) groups is 1. The van der Waals surface area contributed by atoms with E-state index in [1.54, 1.807) is 0 Å². The van der Waals surface area contributed by atoms with Gasteiger partial charge in [0.2, 0.25) is 5.91 Å². The van der Waals surface area contributed by atoms with E-state index in [0.29, 0.717) is 6.42 Å². The van der Waals surface area contributed by atoms with E-state index in [1.807, 2.05) is 4.90 Å². The van der Waals surface area contributed by atoms with E-state index in [-0.39, 0.29) is 18.6 Å². The summed E-state index contributed by atoms with van der Waals surface area (Å²) in [6, 6.07) is 0.0974. The third-order valence-corrected chi connectivity index (χ3v) is 4.90. The Kier molecular flexibility index (Phi) is 11.4. The Balaban J connectivity index is 1.88. The van der Waals surface area contributed by atoms with E-state index in [2.05, 4.69) is 6.92 Å². The smallest absolute Gasteiger partial charge is 0.222 e. The van der Waals surface area contributed by atoms with Crippen LogP contribution in [0.1, 0.15) is 96.8 Å². The Morgan fingerprint density at radius 2 is 1.50 bits per heavy atom. The maximum absolute atomic E-state index is 12.1. The molecule has 130 valence electrons. The van der Waals surface area contributed by atoms with Crippen LogP contribution in [0, 0.1) is 0 Å². The highest BCUT2D eigenvalue weighted by molar-refractivity contribution is 5.76. The molecule has 1 aliphatic rings. The highest BCUT2D eigenvalue weighted by Gasteiger charge is 2.27. The zero-order valence-electron chi connectivity index (χ0n) is 14.7. The third-order valence-electron chi connectivity index (χ3n) is 4.90. The molecule has 1 amide bonds. The molecule has 22 heavy (non-hydrogen) atoms. The number of aliphatic hydroxyl groups excluding tert-OH is 1. The summed E-state index contributed by atoms with van der Waals surface area (Å²) < 4.78 is 0. The molecule has 0 unspecified atom stereocenters. The van der Waals surface area contributed by atoms with Crippen LogP contribution in [0.5, 0.6) is 0 Å². The van der Waals surface area contributed by atoms with Gasteiger partial charge in [0.25, 0.3) is 0 Å². The molecule has 0 bridgehead atoms. The summed E-state index contributed by atoms with van der Waals surface area (Å²) in [5, 5.41) is 9.25. The van der Waals surface area contributed by atoms with Crippen LogP contribution in [0.15, 0.2) is 0 Å². The van der Waals surface area contributed by atoms with Crippen molar-refractivity contribution in [3.63, 3.8) is 0 Å². The topological polar surface area (TPSA) is 40.5 Å². The monoisotopic (exact) mass is 311 g/mol. The second-order valence-electron chi connectivity index (χ2n) is 6.85. The average Bonchev–Trinajstić information content (AvgIpc) is 3.01. The normalized spacial score (nSPS) is 18.1. The van der Waals surface area contributed by atoms with Crippen molar-refractivity contribution in [1.82, 2.24) is 4.90 Å². The fourth-order valence-electron chi connectivity index (χ4n) is 3.44. The lowest BCUT2D eigenvalue weighted by molar-refractivity contribution is -0.132. The van der Waals surface area contributed by atoms with E-state index in [1.165, 1.54) is 64.2 Å². The van der Waals surface area contributed by atoms with Crippen molar-refractivity contribution in [3.05, 3.63) is 0 Å². The maximum Gasteiger partial charge on any atom is 0.222 e. The first kappa shape index (κ1) is 19.5. The Morgan fingerprint density at radius 3 is 2.05 bits per heavy atom. The lowest BCUT2D eigenvalue weighted by atomic mass is 10.1. The predicted molar refractivity (Wildman–Crippen MR) is 92.9 cm³/mol. The van der Waals surface area contributed by atoms with Gasteiger partial charge >= 0.3 is 0 Å². The number of aliphatic hydroxyl groups is 1. The van der Waals surface area contributed by atoms with Crippen molar-refractivity contribution in [2.24, 2.45) is 0 Å². The standard InChI is InChI=1S/C19H37NO2/c1-2-3-4-5-6-7-8-9-10-11-12-15-19(22)20-16-13-14-18(20)17-21/h18,21H,2-17H2,1H3/t18-/m0/s1. The summed E-state index contributed by atoms with van der Waals surface area (Å²) in [6.45, 7) is 3.24. The summed E-state index contributed by atoms with van der Waals surface area (Å²) >= 11 is 0. The van der Waals surface area contributed by atoms with Crippen LogP contribution in [0.2, 0.25) is 0 Å². The van der Waals surface area contributed by atoms with Crippen LogP contribution in [-0.4, -0.2) is 35.1 Å². The molecule has 0 aliphatic carbocycles. The number of nitrogens with zero attached hydrogens (tertiary/aromatic N) is 1. The minimum Gasteiger partial charge on any atom is -0.394 e. The quantitative estimate of drug-likeness (QED) is 0.502. The van der Waals surface area contributed by atoms with Gasteiger partial charge in [-0.15, -0.1) is 0 Å². The molecule has 1 heterocycles. The highest BCUT2D eigenvalue weighted by atomic mass is 16.3. The molecule has 1 aliphatic heterocycles. The van der Waals surface area contributed by atoms with Crippen molar-refractivity contribution in [2.45, 2.75) is 103 Å². The zero-order valence-corrected chi connectivity index (χ0v) is 14.7. The van der Waals surface area contributed by atoms with E-state index < -0.39 is 0 Å². The number of hydrogen-bond donors (Lipinski definition) is 1. The van der Waals surface area contributed by atoms with Gasteiger partial charge in [-0.05, 0) is 19.3 Å². The molecule has 0 radical (unpaired) electrons. The molecule has 0 aromatic heterocycles. The molecule has 1 saturated heterocycles. The van der Waals surface area contributed by atoms with Crippen LogP contribution in [0.3, 0.4) is 0 Å². The van der Waals surface area contributed by atoms with Gasteiger partial charge in [-0.1, -0.05) is 71.1 Å². The number of amides is 1. The Labute approximate surface area is 137 Å². The molecule has 0 aromatic carbocycles. The molecule has 1 N–H and O–H groups in total. The largest absolute Gasteiger partial charge is 0.394 e. The number of unbranched alkanes of at least 4 members (excludes halogenated alkanes) is 10. The SMILES string of the molecule is CCCCCCCCCCCCCC(=O)N1CCC[C@H]1CO. The van der Waals surface area contributed by atoms with Crippen molar-refractivity contribution in [3.8, 4) is 0 Å². The van der Waals surface area contributed by atoms with Crippen LogP contribution in [-0.2, 0) is 4.79 Å². The summed E-state index contributed by atoms with van der Waals surface area (Å²) in [6.07, 6.45) is 17.2. The van der Waals surface area contributed by atoms with Gasteiger partial charge in [0.15, 0.2) is 0 Å². The van der Waals surface area contributed by atoms with Crippen molar-refractivity contribution < 1.29 is 9.90 Å². The van der Waals surface area contributed by atoms with Gasteiger partial charge in [-0.2, -0.15) is 0 Å². The van der Waals surface area contributed by atoms with Gasteiger partial charge in [0.05, 0.1) is 12.6 Å². The number of rotatable bonds is 13. The van der Waals surface area contributed by atoms with E-state index in [9.17, 15) is 9.90 Å². The molecule has 1 fully saturated rings.